The van der Waals surface area contributed by atoms with E-state index < -0.39 is 8.32 Å². The van der Waals surface area contributed by atoms with Crippen molar-refractivity contribution in [2.24, 2.45) is 56.7 Å². The van der Waals surface area contributed by atoms with Crippen molar-refractivity contribution in [3.05, 3.63) is 53.6 Å². The number of hydrogen-bond donors (Lipinski definition) is 0. The lowest BCUT2D eigenvalue weighted by Gasteiger charge is -2.72. The molecule has 46 heavy (non-hydrogen) atoms. The van der Waals surface area contributed by atoms with Crippen LogP contribution in [0.15, 0.2) is 42.5 Å². The van der Waals surface area contributed by atoms with Crippen LogP contribution in [0.25, 0.3) is 5.57 Å². The zero-order chi connectivity index (χ0) is 33.9. The summed E-state index contributed by atoms with van der Waals surface area (Å²) < 4.78 is 6.75. The van der Waals surface area contributed by atoms with E-state index in [4.69, 9.17) is 4.43 Å². The minimum atomic E-state index is -2.23. The summed E-state index contributed by atoms with van der Waals surface area (Å²) in [7, 11) is -2.23. The molecule has 3 heteroatoms. The molecule has 9 atom stereocenters. The summed E-state index contributed by atoms with van der Waals surface area (Å²) in [5.74, 6) is 2.87. The second-order valence-corrected chi connectivity index (χ2v) is 24.6. The van der Waals surface area contributed by atoms with E-state index in [1.807, 2.05) is 0 Å². The van der Waals surface area contributed by atoms with Crippen LogP contribution in [-0.4, -0.2) is 14.3 Å². The maximum absolute atomic E-state index is 14.6. The molecule has 254 valence electrons. The Labute approximate surface area is 283 Å². The van der Waals surface area contributed by atoms with E-state index in [1.165, 1.54) is 48.8 Å². The van der Waals surface area contributed by atoms with Gasteiger partial charge in [-0.2, -0.15) is 0 Å². The third kappa shape index (κ3) is 4.62. The molecule has 0 amide bonds. The molecular weight excluding hydrogens is 577 g/mol. The molecule has 0 aromatic heterocycles. The molecule has 1 aromatic rings. The fourth-order valence-corrected chi connectivity index (χ4v) is 13.8. The predicted octanol–water partition coefficient (Wildman–Crippen LogP) is 12.2. The summed E-state index contributed by atoms with van der Waals surface area (Å²) in [6.07, 6.45) is 13.2. The number of hydrogen-bond acceptors (Lipinski definition) is 2. The normalized spacial score (nSPS) is 41.7. The van der Waals surface area contributed by atoms with Crippen molar-refractivity contribution in [3.63, 3.8) is 0 Å². The number of allylic oxidation sites excluding steroid dienone is 3. The molecule has 0 aliphatic heterocycles. The van der Waals surface area contributed by atoms with Gasteiger partial charge >= 0.3 is 0 Å². The van der Waals surface area contributed by atoms with Crippen LogP contribution in [0, 0.1) is 63.6 Å². The van der Waals surface area contributed by atoms with Gasteiger partial charge in [-0.1, -0.05) is 103 Å². The van der Waals surface area contributed by atoms with Crippen LogP contribution in [0.1, 0.15) is 131 Å². The molecule has 5 aliphatic carbocycles. The van der Waals surface area contributed by atoms with Crippen molar-refractivity contribution in [1.29, 1.82) is 0 Å². The number of fused-ring (bicyclic) bond motifs is 7. The average molecular weight is 643 g/mol. The third-order valence-corrected chi connectivity index (χ3v) is 20.9. The fourth-order valence-electron chi connectivity index (χ4n) is 12.8. The third-order valence-electron chi connectivity index (χ3n) is 16.6. The monoisotopic (exact) mass is 642 g/mol. The van der Waals surface area contributed by atoms with Crippen molar-refractivity contribution in [1.82, 2.24) is 0 Å². The van der Waals surface area contributed by atoms with E-state index in [0.717, 1.165) is 25.7 Å². The van der Waals surface area contributed by atoms with Crippen LogP contribution >= 0.6 is 0 Å². The minimum absolute atomic E-state index is 0.0193. The molecule has 0 bridgehead atoms. The molecule has 0 spiro atoms. The molecule has 0 N–H and O–H groups in total. The number of carbonyl (C=O) groups is 1. The van der Waals surface area contributed by atoms with Crippen LogP contribution in [-0.2, 0) is 9.22 Å². The molecule has 4 fully saturated rings. The van der Waals surface area contributed by atoms with Gasteiger partial charge in [0.15, 0.2) is 0 Å². The molecule has 0 heterocycles. The predicted molar refractivity (Wildman–Crippen MR) is 197 cm³/mol. The largest absolute Gasteiger partial charge is 0.519 e. The Bertz CT molecular complexity index is 1430. The fraction of sp³-hybridized carbons (Fsp3) is 0.744. The highest BCUT2D eigenvalue weighted by molar-refractivity contribution is 6.75. The molecular formula is C43H66O2Si. The molecule has 4 saturated carbocycles. The number of rotatable bonds is 4. The maximum Gasteiger partial charge on any atom is 0.299 e. The Kier molecular flexibility index (Phi) is 7.96. The summed E-state index contributed by atoms with van der Waals surface area (Å²) in [4.78, 5) is 14.6. The summed E-state index contributed by atoms with van der Waals surface area (Å²) in [6.45, 7) is 33.5. The zero-order valence-corrected chi connectivity index (χ0v) is 32.7. The highest BCUT2D eigenvalue weighted by Gasteiger charge is 2.72. The Hall–Kier alpha value is -1.61. The second-order valence-electron chi connectivity index (χ2n) is 19.9. The standard InChI is InChI=1S/C43H66O2Si/c1-28(2)31-20-25-43(37(44)45-46(12,13)38(4,5)6)27-26-41(10)33(36(31)43)18-19-35-40(9)23-21-32(30-16-14-29(3)15-17-30)39(7,8)34(40)22-24-42(35,41)11/h14-17,21,31,33-36H,1,18-20,22-27H2,2-13H3/t31-,33+,34-,35+,36+,40-,41+,42+,43-/m0/s1. The Balaban J connectivity index is 1.36. The van der Waals surface area contributed by atoms with Crippen LogP contribution in [0.4, 0.5) is 0 Å². The van der Waals surface area contributed by atoms with Gasteiger partial charge in [0, 0.05) is 0 Å². The molecule has 0 unspecified atom stereocenters. The lowest BCUT2D eigenvalue weighted by Crippen LogP contribution is -2.66. The zero-order valence-electron chi connectivity index (χ0n) is 31.7. The van der Waals surface area contributed by atoms with Gasteiger partial charge in [0.1, 0.15) is 0 Å². The Morgan fingerprint density at radius 3 is 2.13 bits per heavy atom. The van der Waals surface area contributed by atoms with Crippen molar-refractivity contribution >= 4 is 19.9 Å². The second kappa shape index (κ2) is 10.7. The van der Waals surface area contributed by atoms with Gasteiger partial charge in [-0.3, -0.25) is 4.79 Å². The van der Waals surface area contributed by atoms with E-state index >= 15 is 0 Å². The first kappa shape index (κ1) is 34.3. The number of carbonyl (C=O) groups excluding carboxylic acids is 1. The molecule has 1 aromatic carbocycles. The van der Waals surface area contributed by atoms with E-state index in [2.05, 4.69) is 119 Å². The highest BCUT2D eigenvalue weighted by atomic mass is 28.4. The maximum atomic E-state index is 14.6. The summed E-state index contributed by atoms with van der Waals surface area (Å²) in [5, 5.41) is 0.0193. The van der Waals surface area contributed by atoms with Crippen molar-refractivity contribution in [3.8, 4) is 0 Å². The van der Waals surface area contributed by atoms with Gasteiger partial charge < -0.3 is 4.43 Å². The van der Waals surface area contributed by atoms with Crippen LogP contribution < -0.4 is 0 Å². The first-order valence-corrected chi connectivity index (χ1v) is 21.7. The molecule has 0 saturated heterocycles. The smallest absolute Gasteiger partial charge is 0.299 e. The first-order chi connectivity index (χ1) is 21.2. The quantitative estimate of drug-likeness (QED) is 0.241. The van der Waals surface area contributed by atoms with Crippen LogP contribution in [0.5, 0.6) is 0 Å². The highest BCUT2D eigenvalue weighted by Crippen LogP contribution is 2.78. The van der Waals surface area contributed by atoms with Gasteiger partial charge in [0.2, 0.25) is 0 Å². The van der Waals surface area contributed by atoms with E-state index in [0.29, 0.717) is 29.6 Å². The average Bonchev–Trinajstić information content (AvgIpc) is 3.35. The Morgan fingerprint density at radius 2 is 1.52 bits per heavy atom. The first-order valence-electron chi connectivity index (χ1n) is 18.8. The number of benzene rings is 1. The number of aryl methyl sites for hydroxylation is 1. The van der Waals surface area contributed by atoms with Gasteiger partial charge in [-0.05, 0) is 152 Å². The van der Waals surface area contributed by atoms with Crippen molar-refractivity contribution in [2.75, 3.05) is 0 Å². The van der Waals surface area contributed by atoms with Crippen molar-refractivity contribution in [2.45, 2.75) is 145 Å². The van der Waals surface area contributed by atoms with Crippen LogP contribution in [0.2, 0.25) is 18.1 Å². The summed E-state index contributed by atoms with van der Waals surface area (Å²) in [5.41, 5.74) is 6.20. The van der Waals surface area contributed by atoms with Gasteiger partial charge in [0.25, 0.3) is 14.3 Å². The van der Waals surface area contributed by atoms with E-state index in [1.54, 1.807) is 5.57 Å². The summed E-state index contributed by atoms with van der Waals surface area (Å²) in [6, 6.07) is 9.28. The van der Waals surface area contributed by atoms with Gasteiger partial charge in [-0.25, -0.2) is 0 Å². The minimum Gasteiger partial charge on any atom is -0.519 e. The molecule has 5 aliphatic rings. The molecule has 6 rings (SSSR count). The molecule has 0 radical (unpaired) electrons. The van der Waals surface area contributed by atoms with Crippen molar-refractivity contribution < 1.29 is 9.22 Å². The van der Waals surface area contributed by atoms with Gasteiger partial charge in [0.05, 0.1) is 5.41 Å². The van der Waals surface area contributed by atoms with E-state index in [9.17, 15) is 4.79 Å². The SMILES string of the molecule is C=C(C)[C@@H]1CC[C@]2(C(=O)O[Si](C)(C)C(C)(C)C)CC[C@]3(C)[C@H](CC[C@@H]4[C@@]5(C)CC=C(c6ccc(C)cc6)C(C)(C)[C@@H]5CC[C@]43C)[C@@H]12. The lowest BCUT2D eigenvalue weighted by atomic mass is 9.32. The lowest BCUT2D eigenvalue weighted by molar-refractivity contribution is -0.227. The molecule has 2 nitrogen and oxygen atoms in total. The Morgan fingerprint density at radius 1 is 0.870 bits per heavy atom. The van der Waals surface area contributed by atoms with Crippen LogP contribution in [0.3, 0.4) is 0 Å². The van der Waals surface area contributed by atoms with Gasteiger partial charge in [-0.15, -0.1) is 0 Å². The summed E-state index contributed by atoms with van der Waals surface area (Å²) >= 11 is 0. The van der Waals surface area contributed by atoms with E-state index in [-0.39, 0.29) is 38.1 Å². The topological polar surface area (TPSA) is 26.3 Å².